The molecule has 0 saturated heterocycles. The summed E-state index contributed by atoms with van der Waals surface area (Å²) in [7, 11) is -3.76. The Morgan fingerprint density at radius 3 is 2.50 bits per heavy atom. The van der Waals surface area contributed by atoms with Crippen molar-refractivity contribution >= 4 is 21.7 Å². The number of hydrogen-bond donors (Lipinski definition) is 1. The van der Waals surface area contributed by atoms with Gasteiger partial charge in [-0.15, -0.1) is 0 Å². The van der Waals surface area contributed by atoms with Crippen molar-refractivity contribution in [2.45, 2.75) is 31.4 Å². The van der Waals surface area contributed by atoms with Gasteiger partial charge in [0, 0.05) is 24.0 Å². The minimum atomic E-state index is -3.76. The summed E-state index contributed by atoms with van der Waals surface area (Å²) in [5.74, 6) is -1.06. The van der Waals surface area contributed by atoms with Gasteiger partial charge in [0.15, 0.2) is 0 Å². The Kier molecular flexibility index (Phi) is 3.99. The number of rotatable bonds is 4. The number of hydrogen-bond acceptors (Lipinski definition) is 5. The first-order chi connectivity index (χ1) is 10.4. The quantitative estimate of drug-likeness (QED) is 0.894. The fourth-order valence-corrected chi connectivity index (χ4v) is 4.54. The number of carbonyl (C=O) groups is 2. The summed E-state index contributed by atoms with van der Waals surface area (Å²) in [5.41, 5.74) is 0.390. The van der Waals surface area contributed by atoms with Crippen LogP contribution in [0.5, 0.6) is 0 Å². The van der Waals surface area contributed by atoms with Gasteiger partial charge in [0.1, 0.15) is 11.5 Å². The monoisotopic (exact) mass is 322 g/mol. The maximum Gasteiger partial charge on any atom is 0.240 e. The molecule has 1 unspecified atom stereocenters. The lowest BCUT2D eigenvalue weighted by molar-refractivity contribution is -0.131. The Morgan fingerprint density at radius 1 is 1.23 bits per heavy atom. The Balaban J connectivity index is 1.63. The van der Waals surface area contributed by atoms with Crippen LogP contribution in [0.2, 0.25) is 0 Å². The first kappa shape index (κ1) is 15.1. The molecule has 1 aromatic heterocycles. The van der Waals surface area contributed by atoms with Gasteiger partial charge in [-0.2, -0.15) is 0 Å². The molecule has 3 atom stereocenters. The van der Waals surface area contributed by atoms with E-state index >= 15 is 0 Å². The number of Topliss-reactive ketones (excluding diaryl/α,β-unsaturated/α-hetero) is 1. The molecule has 2 aliphatic rings. The molecule has 3 rings (SSSR count). The molecule has 7 heteroatoms. The van der Waals surface area contributed by atoms with Crippen LogP contribution < -0.4 is 4.72 Å². The minimum absolute atomic E-state index is 0.0620. The second-order valence-electron chi connectivity index (χ2n) is 6.09. The molecule has 2 bridgehead atoms. The van der Waals surface area contributed by atoms with E-state index in [9.17, 15) is 18.0 Å². The Hall–Kier alpha value is -1.76. The molecule has 1 aromatic rings. The van der Waals surface area contributed by atoms with Crippen molar-refractivity contribution in [1.82, 2.24) is 9.71 Å². The van der Waals surface area contributed by atoms with Crippen molar-refractivity contribution in [2.24, 2.45) is 17.8 Å². The number of carbonyl (C=O) groups excluding carboxylic acids is 2. The summed E-state index contributed by atoms with van der Waals surface area (Å²) in [6.07, 6.45) is 4.11. The summed E-state index contributed by atoms with van der Waals surface area (Å²) >= 11 is 0. The van der Waals surface area contributed by atoms with Crippen molar-refractivity contribution in [3.63, 3.8) is 0 Å². The maximum atomic E-state index is 12.2. The van der Waals surface area contributed by atoms with E-state index in [1.807, 2.05) is 0 Å². The molecule has 22 heavy (non-hydrogen) atoms. The van der Waals surface area contributed by atoms with Gasteiger partial charge in [-0.25, -0.2) is 8.42 Å². The highest BCUT2D eigenvalue weighted by atomic mass is 32.2. The lowest BCUT2D eigenvalue weighted by Crippen LogP contribution is -2.40. The molecule has 118 valence electrons. The van der Waals surface area contributed by atoms with Crippen LogP contribution >= 0.6 is 0 Å². The lowest BCUT2D eigenvalue weighted by Gasteiger charge is -2.25. The third-order valence-corrected chi connectivity index (χ3v) is 5.69. The largest absolute Gasteiger partial charge is 0.299 e. The fourth-order valence-electron chi connectivity index (χ4n) is 3.44. The van der Waals surface area contributed by atoms with Gasteiger partial charge >= 0.3 is 0 Å². The average molecular weight is 322 g/mol. The van der Waals surface area contributed by atoms with Gasteiger partial charge in [0.2, 0.25) is 15.9 Å². The molecule has 0 radical (unpaired) electrons. The Morgan fingerprint density at radius 2 is 1.91 bits per heavy atom. The minimum Gasteiger partial charge on any atom is -0.299 e. The maximum absolute atomic E-state index is 12.2. The van der Waals surface area contributed by atoms with Gasteiger partial charge in [0.05, 0.1) is 5.69 Å². The van der Waals surface area contributed by atoms with Crippen LogP contribution in [0, 0.1) is 17.8 Å². The zero-order valence-electron chi connectivity index (χ0n) is 12.1. The van der Waals surface area contributed by atoms with Crippen LogP contribution in [-0.4, -0.2) is 25.1 Å². The molecule has 0 aromatic carbocycles. The Bertz CT molecular complexity index is 671. The summed E-state index contributed by atoms with van der Waals surface area (Å²) < 4.78 is 26.3. The molecule has 0 aliphatic heterocycles. The average Bonchev–Trinajstić information content (AvgIpc) is 2.69. The topological polar surface area (TPSA) is 93.2 Å². The standard InChI is InChI=1S/C15H18N2O4S/c18-14-10-4-5-11(14)8-12(7-10)15(19)17-22(20,21)9-13-3-1-2-6-16-13/h1-3,6,10-12H,4-5,7-9H2,(H,17,19)/t10-,11+,12?. The summed E-state index contributed by atoms with van der Waals surface area (Å²) in [6, 6.07) is 5.00. The van der Waals surface area contributed by atoms with Crippen molar-refractivity contribution in [1.29, 1.82) is 0 Å². The highest BCUT2D eigenvalue weighted by Gasteiger charge is 2.44. The van der Waals surface area contributed by atoms with E-state index in [4.69, 9.17) is 0 Å². The first-order valence-electron chi connectivity index (χ1n) is 7.42. The number of amides is 1. The number of nitrogens with zero attached hydrogens (tertiary/aromatic N) is 1. The summed E-state index contributed by atoms with van der Waals surface area (Å²) in [4.78, 5) is 28.0. The third-order valence-electron chi connectivity index (χ3n) is 4.50. The SMILES string of the molecule is O=C(NS(=O)(=O)Cc1ccccn1)C1C[C@H]2CC[C@@H](C1)C2=O. The number of ketones is 1. The van der Waals surface area contributed by atoms with E-state index in [0.29, 0.717) is 18.5 Å². The third kappa shape index (κ3) is 3.19. The predicted octanol–water partition coefficient (Wildman–Crippen LogP) is 1.03. The molecule has 0 spiro atoms. The van der Waals surface area contributed by atoms with Crippen molar-refractivity contribution < 1.29 is 18.0 Å². The van der Waals surface area contributed by atoms with Crippen LogP contribution in [0.25, 0.3) is 0 Å². The molecule has 6 nitrogen and oxygen atoms in total. The van der Waals surface area contributed by atoms with Gasteiger partial charge in [-0.05, 0) is 37.8 Å². The van der Waals surface area contributed by atoms with Crippen molar-refractivity contribution in [3.8, 4) is 0 Å². The van der Waals surface area contributed by atoms with Crippen LogP contribution in [0.3, 0.4) is 0 Å². The highest BCUT2D eigenvalue weighted by molar-refractivity contribution is 7.89. The molecule has 1 N–H and O–H groups in total. The van der Waals surface area contributed by atoms with Gasteiger partial charge < -0.3 is 0 Å². The Labute approximate surface area is 129 Å². The zero-order chi connectivity index (χ0) is 15.7. The van der Waals surface area contributed by atoms with E-state index in [0.717, 1.165) is 12.8 Å². The van der Waals surface area contributed by atoms with Gasteiger partial charge in [-0.1, -0.05) is 6.07 Å². The van der Waals surface area contributed by atoms with Gasteiger partial charge in [0.25, 0.3) is 0 Å². The van der Waals surface area contributed by atoms with Crippen LogP contribution in [0.15, 0.2) is 24.4 Å². The molecule has 2 aliphatic carbocycles. The lowest BCUT2D eigenvalue weighted by atomic mass is 9.80. The van der Waals surface area contributed by atoms with E-state index in [2.05, 4.69) is 9.71 Å². The molecular weight excluding hydrogens is 304 g/mol. The van der Waals surface area contributed by atoms with E-state index in [1.165, 1.54) is 6.20 Å². The summed E-state index contributed by atoms with van der Waals surface area (Å²) in [6.45, 7) is 0. The van der Waals surface area contributed by atoms with Crippen LogP contribution in [0.1, 0.15) is 31.4 Å². The van der Waals surface area contributed by atoms with Crippen molar-refractivity contribution in [2.75, 3.05) is 0 Å². The summed E-state index contributed by atoms with van der Waals surface area (Å²) in [5, 5.41) is 0. The van der Waals surface area contributed by atoms with E-state index in [-0.39, 0.29) is 29.3 Å². The van der Waals surface area contributed by atoms with Crippen molar-refractivity contribution in [3.05, 3.63) is 30.1 Å². The molecular formula is C15H18N2O4S. The van der Waals surface area contributed by atoms with Crippen LogP contribution in [-0.2, 0) is 25.4 Å². The molecule has 2 fully saturated rings. The number of sulfonamides is 1. The smallest absolute Gasteiger partial charge is 0.240 e. The zero-order valence-corrected chi connectivity index (χ0v) is 12.9. The van der Waals surface area contributed by atoms with Crippen LogP contribution in [0.4, 0.5) is 0 Å². The second-order valence-corrected chi connectivity index (χ2v) is 7.81. The highest BCUT2D eigenvalue weighted by Crippen LogP contribution is 2.42. The second kappa shape index (κ2) is 5.79. The number of aromatic nitrogens is 1. The number of pyridine rings is 1. The van der Waals surface area contributed by atoms with Gasteiger partial charge in [-0.3, -0.25) is 19.3 Å². The van der Waals surface area contributed by atoms with E-state index < -0.39 is 15.9 Å². The molecule has 1 amide bonds. The molecule has 2 saturated carbocycles. The normalized spacial score (nSPS) is 27.6. The molecule has 1 heterocycles. The first-order valence-corrected chi connectivity index (χ1v) is 9.08. The fraction of sp³-hybridized carbons (Fsp3) is 0.533. The predicted molar refractivity (Wildman–Crippen MR) is 78.9 cm³/mol. The number of nitrogens with one attached hydrogen (secondary N) is 1. The number of fused-ring (bicyclic) bond motifs is 2. The van der Waals surface area contributed by atoms with E-state index in [1.54, 1.807) is 18.2 Å².